The highest BCUT2D eigenvalue weighted by Crippen LogP contribution is 2.33. The topological polar surface area (TPSA) is 90.0 Å². The molecule has 1 aliphatic heterocycles. The van der Waals surface area contributed by atoms with E-state index in [-0.39, 0.29) is 28.7 Å². The predicted molar refractivity (Wildman–Crippen MR) is 95.4 cm³/mol. The Balaban J connectivity index is 2.48. The molecule has 9 heteroatoms. The van der Waals surface area contributed by atoms with Gasteiger partial charge >= 0.3 is 0 Å². The summed E-state index contributed by atoms with van der Waals surface area (Å²) in [6, 6.07) is 4.03. The van der Waals surface area contributed by atoms with E-state index in [2.05, 4.69) is 0 Å². The molecule has 2 rings (SSSR count). The summed E-state index contributed by atoms with van der Waals surface area (Å²) in [6.45, 7) is 2.24. The Morgan fingerprint density at radius 2 is 1.96 bits per heavy atom. The Hall–Kier alpha value is -1.32. The average Bonchev–Trinajstić information content (AvgIpc) is 2.94. The van der Waals surface area contributed by atoms with Gasteiger partial charge in [0, 0.05) is 18.7 Å². The summed E-state index contributed by atoms with van der Waals surface area (Å²) in [4.78, 5) is -0.00486. The first-order valence-corrected chi connectivity index (χ1v) is 11.5. The van der Waals surface area contributed by atoms with Gasteiger partial charge in [-0.25, -0.2) is 16.8 Å². The van der Waals surface area contributed by atoms with Crippen LogP contribution in [0.1, 0.15) is 26.2 Å². The van der Waals surface area contributed by atoms with E-state index in [0.29, 0.717) is 18.6 Å². The third kappa shape index (κ3) is 4.45. The van der Waals surface area contributed by atoms with Crippen LogP contribution < -0.4 is 9.47 Å². The standard InChI is InChI=1S/C16H25NO6S2/c1-4-5-9-17(13-8-10-24(18,19)12-13)25(20,21)16-11-14(22-2)6-7-15(16)23-3/h6-7,11,13H,4-5,8-10,12H2,1-3H3/t13-/m1/s1. The molecule has 0 bridgehead atoms. The Kier molecular flexibility index (Phi) is 6.34. The third-order valence-electron chi connectivity index (χ3n) is 4.31. The van der Waals surface area contributed by atoms with Gasteiger partial charge in [0.05, 0.1) is 25.7 Å². The van der Waals surface area contributed by atoms with Crippen LogP contribution in [0.15, 0.2) is 23.1 Å². The van der Waals surface area contributed by atoms with Crippen LogP contribution in [-0.2, 0) is 19.9 Å². The Bertz CT molecular complexity index is 804. The first-order valence-electron chi connectivity index (χ1n) is 8.19. The van der Waals surface area contributed by atoms with Crippen molar-refractivity contribution in [3.05, 3.63) is 18.2 Å². The number of unbranched alkanes of at least 4 members (excludes halogenated alkanes) is 1. The van der Waals surface area contributed by atoms with Crippen LogP contribution in [0.2, 0.25) is 0 Å². The van der Waals surface area contributed by atoms with Gasteiger partial charge in [-0.15, -0.1) is 0 Å². The maximum absolute atomic E-state index is 13.3. The van der Waals surface area contributed by atoms with Crippen molar-refractivity contribution in [1.82, 2.24) is 4.31 Å². The van der Waals surface area contributed by atoms with Gasteiger partial charge in [0.1, 0.15) is 16.4 Å². The van der Waals surface area contributed by atoms with Crippen molar-refractivity contribution in [3.63, 3.8) is 0 Å². The van der Waals surface area contributed by atoms with Gasteiger partial charge in [0.15, 0.2) is 9.84 Å². The maximum atomic E-state index is 13.3. The molecule has 7 nitrogen and oxygen atoms in total. The normalized spacial score (nSPS) is 19.9. The zero-order chi connectivity index (χ0) is 18.7. The number of benzene rings is 1. The zero-order valence-electron chi connectivity index (χ0n) is 14.8. The molecule has 1 aromatic carbocycles. The SMILES string of the molecule is CCCCN([C@@H]1CCS(=O)(=O)C1)S(=O)(=O)c1cc(OC)ccc1OC. The molecule has 0 spiro atoms. The second kappa shape index (κ2) is 7.92. The molecule has 0 unspecified atom stereocenters. The number of hydrogen-bond donors (Lipinski definition) is 0. The molecule has 0 radical (unpaired) electrons. The minimum atomic E-state index is -3.92. The van der Waals surface area contributed by atoms with Gasteiger partial charge in [0.25, 0.3) is 0 Å². The molecular formula is C16H25NO6S2. The van der Waals surface area contributed by atoms with Gasteiger partial charge < -0.3 is 9.47 Å². The van der Waals surface area contributed by atoms with E-state index in [4.69, 9.17) is 9.47 Å². The van der Waals surface area contributed by atoms with E-state index < -0.39 is 25.9 Å². The van der Waals surface area contributed by atoms with Gasteiger partial charge in [-0.05, 0) is 25.0 Å². The smallest absolute Gasteiger partial charge is 0.247 e. The van der Waals surface area contributed by atoms with E-state index in [1.165, 1.54) is 30.7 Å². The van der Waals surface area contributed by atoms with Crippen molar-refractivity contribution < 1.29 is 26.3 Å². The monoisotopic (exact) mass is 391 g/mol. The van der Waals surface area contributed by atoms with Crippen molar-refractivity contribution >= 4 is 19.9 Å². The van der Waals surface area contributed by atoms with Gasteiger partial charge in [-0.3, -0.25) is 0 Å². The average molecular weight is 392 g/mol. The van der Waals surface area contributed by atoms with Gasteiger partial charge in [-0.1, -0.05) is 13.3 Å². The van der Waals surface area contributed by atoms with Crippen LogP contribution in [0.3, 0.4) is 0 Å². The number of ether oxygens (including phenoxy) is 2. The molecule has 0 amide bonds. The highest BCUT2D eigenvalue weighted by atomic mass is 32.2. The third-order valence-corrected chi connectivity index (χ3v) is 8.03. The first kappa shape index (κ1) is 20.0. The van der Waals surface area contributed by atoms with Crippen LogP contribution in [0.4, 0.5) is 0 Å². The number of methoxy groups -OCH3 is 2. The summed E-state index contributed by atoms with van der Waals surface area (Å²) >= 11 is 0. The zero-order valence-corrected chi connectivity index (χ0v) is 16.4. The van der Waals surface area contributed by atoms with Gasteiger partial charge in [-0.2, -0.15) is 4.31 Å². The number of rotatable bonds is 8. The van der Waals surface area contributed by atoms with E-state index in [0.717, 1.165) is 6.42 Å². The number of sulfone groups is 1. The molecule has 1 atom stereocenters. The Morgan fingerprint density at radius 3 is 2.48 bits per heavy atom. The molecule has 1 aromatic rings. The molecule has 0 aliphatic carbocycles. The van der Waals surface area contributed by atoms with E-state index in [9.17, 15) is 16.8 Å². The maximum Gasteiger partial charge on any atom is 0.247 e. The highest BCUT2D eigenvalue weighted by molar-refractivity contribution is 7.92. The lowest BCUT2D eigenvalue weighted by Crippen LogP contribution is -2.41. The molecule has 142 valence electrons. The van der Waals surface area contributed by atoms with Crippen LogP contribution in [0.25, 0.3) is 0 Å². The van der Waals surface area contributed by atoms with Crippen molar-refractivity contribution in [1.29, 1.82) is 0 Å². The predicted octanol–water partition coefficient (Wildman–Crippen LogP) is 1.68. The second-order valence-corrected chi connectivity index (χ2v) is 10.1. The van der Waals surface area contributed by atoms with Crippen LogP contribution in [0.5, 0.6) is 11.5 Å². The Labute approximate surface area is 149 Å². The molecule has 1 saturated heterocycles. The highest BCUT2D eigenvalue weighted by Gasteiger charge is 2.39. The summed E-state index contributed by atoms with van der Waals surface area (Å²) in [5, 5.41) is 0. The van der Waals surface area contributed by atoms with E-state index in [1.54, 1.807) is 6.07 Å². The van der Waals surface area contributed by atoms with E-state index >= 15 is 0 Å². The van der Waals surface area contributed by atoms with Crippen molar-refractivity contribution in [2.24, 2.45) is 0 Å². The molecule has 0 aromatic heterocycles. The summed E-state index contributed by atoms with van der Waals surface area (Å²) in [5.74, 6) is 0.491. The summed E-state index contributed by atoms with van der Waals surface area (Å²) in [7, 11) is -4.26. The van der Waals surface area contributed by atoms with Crippen molar-refractivity contribution in [3.8, 4) is 11.5 Å². The largest absolute Gasteiger partial charge is 0.497 e. The molecule has 0 saturated carbocycles. The lowest BCUT2D eigenvalue weighted by Gasteiger charge is -2.28. The minimum absolute atomic E-state index is 0.00486. The molecule has 1 fully saturated rings. The summed E-state index contributed by atoms with van der Waals surface area (Å²) in [5.41, 5.74) is 0. The quantitative estimate of drug-likeness (QED) is 0.670. The van der Waals surface area contributed by atoms with Crippen molar-refractivity contribution in [2.45, 2.75) is 37.1 Å². The van der Waals surface area contributed by atoms with Crippen LogP contribution in [0, 0.1) is 0 Å². The molecular weight excluding hydrogens is 366 g/mol. The van der Waals surface area contributed by atoms with E-state index in [1.807, 2.05) is 6.92 Å². The molecule has 1 aliphatic rings. The number of hydrogen-bond acceptors (Lipinski definition) is 6. The van der Waals surface area contributed by atoms with Crippen LogP contribution >= 0.6 is 0 Å². The number of sulfonamides is 1. The second-order valence-electron chi connectivity index (χ2n) is 6.04. The lowest BCUT2D eigenvalue weighted by atomic mass is 10.2. The fourth-order valence-corrected chi connectivity index (χ4v) is 6.62. The summed E-state index contributed by atoms with van der Waals surface area (Å²) < 4.78 is 61.9. The number of nitrogens with zero attached hydrogens (tertiary/aromatic N) is 1. The fraction of sp³-hybridized carbons (Fsp3) is 0.625. The van der Waals surface area contributed by atoms with Crippen molar-refractivity contribution in [2.75, 3.05) is 32.3 Å². The minimum Gasteiger partial charge on any atom is -0.497 e. The fourth-order valence-electron chi connectivity index (χ4n) is 2.93. The summed E-state index contributed by atoms with van der Waals surface area (Å²) in [6.07, 6.45) is 1.78. The molecule has 1 heterocycles. The lowest BCUT2D eigenvalue weighted by molar-refractivity contribution is 0.331. The molecule has 0 N–H and O–H groups in total. The Morgan fingerprint density at radius 1 is 1.24 bits per heavy atom. The van der Waals surface area contributed by atoms with Gasteiger partial charge in [0.2, 0.25) is 10.0 Å². The van der Waals surface area contributed by atoms with Crippen LogP contribution in [-0.4, -0.2) is 59.5 Å². The first-order chi connectivity index (χ1) is 11.7. The molecule has 25 heavy (non-hydrogen) atoms.